The maximum atomic E-state index is 12.8. The van der Waals surface area contributed by atoms with E-state index in [9.17, 15) is 14.7 Å². The van der Waals surface area contributed by atoms with Crippen molar-refractivity contribution in [2.24, 2.45) is 0 Å². The van der Waals surface area contributed by atoms with Crippen LogP contribution >= 0.6 is 22.6 Å². The van der Waals surface area contributed by atoms with E-state index < -0.39 is 24.3 Å². The Kier molecular flexibility index (Phi) is 7.48. The molecular weight excluding hydrogens is 513 g/mol. The summed E-state index contributed by atoms with van der Waals surface area (Å²) in [5.74, 6) is -1.28. The molecule has 0 unspecified atom stereocenters. The van der Waals surface area contributed by atoms with Crippen LogP contribution in [-0.4, -0.2) is 35.5 Å². The Morgan fingerprint density at radius 3 is 2.58 bits per heavy atom. The van der Waals surface area contributed by atoms with Crippen LogP contribution in [0.2, 0.25) is 0 Å². The second-order valence-electron chi connectivity index (χ2n) is 6.58. The Balaban J connectivity index is 1.92. The number of benzene rings is 3. The first-order valence-corrected chi connectivity index (χ1v) is 10.3. The number of rotatable bonds is 7. The van der Waals surface area contributed by atoms with Gasteiger partial charge in [-0.15, -0.1) is 0 Å². The Morgan fingerprint density at radius 1 is 1.10 bits per heavy atom. The molecule has 0 spiro atoms. The summed E-state index contributed by atoms with van der Waals surface area (Å²) in [6, 6.07) is 17.9. The average Bonchev–Trinajstić information content (AvgIpc) is 2.75. The van der Waals surface area contributed by atoms with Crippen molar-refractivity contribution in [1.82, 2.24) is 0 Å². The van der Waals surface area contributed by atoms with E-state index in [2.05, 4.69) is 27.9 Å². The number of aliphatic carboxylic acids is 1. The zero-order valence-corrected chi connectivity index (χ0v) is 18.6. The minimum absolute atomic E-state index is 0.103. The van der Waals surface area contributed by atoms with Crippen LogP contribution in [0, 0.1) is 3.57 Å². The molecule has 0 aliphatic rings. The van der Waals surface area contributed by atoms with E-state index in [-0.39, 0.29) is 5.75 Å². The van der Waals surface area contributed by atoms with Crippen molar-refractivity contribution in [2.45, 2.75) is 12.2 Å². The quantitative estimate of drug-likeness (QED) is 0.289. The third-order valence-corrected chi connectivity index (χ3v) is 5.23. The van der Waals surface area contributed by atoms with Gasteiger partial charge in [0, 0.05) is 27.7 Å². The van der Waals surface area contributed by atoms with Gasteiger partial charge in [-0.1, -0.05) is 36.4 Å². The number of carboxylic acids is 1. The van der Waals surface area contributed by atoms with Crippen LogP contribution in [0.5, 0.6) is 5.75 Å². The molecule has 8 heteroatoms. The Bertz CT molecular complexity index is 1120. The van der Waals surface area contributed by atoms with E-state index in [1.165, 1.54) is 19.3 Å². The second-order valence-corrected chi connectivity index (χ2v) is 7.82. The van der Waals surface area contributed by atoms with Gasteiger partial charge in [0.25, 0.3) is 0 Å². The Labute approximate surface area is 192 Å². The molecule has 0 aliphatic carbocycles. The maximum absolute atomic E-state index is 12.8. The SMILES string of the molecule is CO[C@H](/C=C/C(=O)O)[C@H](OC(=O)Nc1cccc2ccccc12)c1cc(I)ccc1O. The molecule has 160 valence electrons. The number of halogens is 1. The van der Waals surface area contributed by atoms with Crippen molar-refractivity contribution in [1.29, 1.82) is 0 Å². The largest absolute Gasteiger partial charge is 0.508 e. The molecule has 3 aromatic carbocycles. The van der Waals surface area contributed by atoms with E-state index >= 15 is 0 Å². The lowest BCUT2D eigenvalue weighted by Crippen LogP contribution is -2.27. The summed E-state index contributed by atoms with van der Waals surface area (Å²) in [6.07, 6.45) is -0.649. The molecule has 0 fully saturated rings. The van der Waals surface area contributed by atoms with E-state index in [0.717, 1.165) is 20.4 Å². The Hall–Kier alpha value is -3.11. The highest BCUT2D eigenvalue weighted by molar-refractivity contribution is 14.1. The molecule has 3 aromatic rings. The molecule has 7 nitrogen and oxygen atoms in total. The Morgan fingerprint density at radius 2 is 1.84 bits per heavy atom. The average molecular weight is 533 g/mol. The van der Waals surface area contributed by atoms with Gasteiger partial charge < -0.3 is 19.7 Å². The summed E-state index contributed by atoms with van der Waals surface area (Å²) in [7, 11) is 1.36. The molecule has 0 aliphatic heterocycles. The first-order chi connectivity index (χ1) is 14.9. The number of hydrogen-bond donors (Lipinski definition) is 3. The molecule has 0 saturated carbocycles. The normalized spacial score (nSPS) is 13.1. The van der Waals surface area contributed by atoms with Crippen LogP contribution in [0.1, 0.15) is 11.7 Å². The predicted octanol–water partition coefficient (Wildman–Crippen LogP) is 5.10. The van der Waals surface area contributed by atoms with E-state index in [1.807, 2.05) is 36.4 Å². The second kappa shape index (κ2) is 10.3. The first kappa shape index (κ1) is 22.6. The number of carbonyl (C=O) groups excluding carboxylic acids is 1. The number of amides is 1. The third kappa shape index (κ3) is 5.74. The lowest BCUT2D eigenvalue weighted by molar-refractivity contribution is -0.131. The van der Waals surface area contributed by atoms with Gasteiger partial charge in [0.1, 0.15) is 11.9 Å². The molecule has 0 radical (unpaired) electrons. The molecule has 31 heavy (non-hydrogen) atoms. The van der Waals surface area contributed by atoms with Gasteiger partial charge in [-0.25, -0.2) is 9.59 Å². The summed E-state index contributed by atoms with van der Waals surface area (Å²) < 4.78 is 11.8. The highest BCUT2D eigenvalue weighted by Crippen LogP contribution is 2.33. The topological polar surface area (TPSA) is 105 Å². The molecule has 0 aromatic heterocycles. The summed E-state index contributed by atoms with van der Waals surface area (Å²) in [4.78, 5) is 23.8. The number of phenols is 1. The summed E-state index contributed by atoms with van der Waals surface area (Å²) in [6.45, 7) is 0. The zero-order chi connectivity index (χ0) is 22.4. The molecule has 2 atom stereocenters. The maximum Gasteiger partial charge on any atom is 0.412 e. The number of carboxylic acid groups (broad SMARTS) is 1. The van der Waals surface area contributed by atoms with Gasteiger partial charge in [0.15, 0.2) is 6.10 Å². The van der Waals surface area contributed by atoms with Crippen LogP contribution < -0.4 is 5.32 Å². The number of carbonyl (C=O) groups is 2. The van der Waals surface area contributed by atoms with Gasteiger partial charge in [0.2, 0.25) is 0 Å². The van der Waals surface area contributed by atoms with E-state index in [4.69, 9.17) is 14.6 Å². The van der Waals surface area contributed by atoms with Crippen LogP contribution in [-0.2, 0) is 14.3 Å². The van der Waals surface area contributed by atoms with Crippen LogP contribution in [0.15, 0.2) is 72.8 Å². The van der Waals surface area contributed by atoms with Crippen molar-refractivity contribution >= 4 is 51.1 Å². The number of methoxy groups -OCH3 is 1. The molecule has 0 saturated heterocycles. The van der Waals surface area contributed by atoms with Gasteiger partial charge in [-0.3, -0.25) is 5.32 Å². The number of fused-ring (bicyclic) bond motifs is 1. The smallest absolute Gasteiger partial charge is 0.412 e. The summed E-state index contributed by atoms with van der Waals surface area (Å²) >= 11 is 2.06. The monoisotopic (exact) mass is 533 g/mol. The minimum Gasteiger partial charge on any atom is -0.508 e. The fourth-order valence-electron chi connectivity index (χ4n) is 3.13. The lowest BCUT2D eigenvalue weighted by atomic mass is 10.0. The molecular formula is C23H20INO6. The van der Waals surface area contributed by atoms with Gasteiger partial charge in [0.05, 0.1) is 5.69 Å². The lowest BCUT2D eigenvalue weighted by Gasteiger charge is -2.25. The highest BCUT2D eigenvalue weighted by Gasteiger charge is 2.28. The minimum atomic E-state index is -1.17. The van der Waals surface area contributed by atoms with E-state index in [0.29, 0.717) is 11.3 Å². The van der Waals surface area contributed by atoms with Gasteiger partial charge >= 0.3 is 12.1 Å². The summed E-state index contributed by atoms with van der Waals surface area (Å²) in [5, 5.41) is 23.8. The molecule has 0 bridgehead atoms. The number of aromatic hydroxyl groups is 1. The number of ether oxygens (including phenoxy) is 2. The predicted molar refractivity (Wildman–Crippen MR) is 125 cm³/mol. The fourth-order valence-corrected chi connectivity index (χ4v) is 3.65. The van der Waals surface area contributed by atoms with Gasteiger partial charge in [-0.05, 0) is 58.3 Å². The van der Waals surface area contributed by atoms with Crippen molar-refractivity contribution in [3.8, 4) is 5.75 Å². The van der Waals surface area contributed by atoms with Crippen molar-refractivity contribution in [2.75, 3.05) is 12.4 Å². The fraction of sp³-hybridized carbons (Fsp3) is 0.130. The molecule has 3 N–H and O–H groups in total. The first-order valence-electron chi connectivity index (χ1n) is 9.26. The van der Waals surface area contributed by atoms with Crippen molar-refractivity contribution < 1.29 is 29.3 Å². The van der Waals surface area contributed by atoms with Crippen molar-refractivity contribution in [3.63, 3.8) is 0 Å². The standard InChI is InChI=1S/C23H20INO6/c1-30-20(11-12-21(27)28)22(17-13-15(24)9-10-19(17)26)31-23(29)25-18-8-4-6-14-5-2-3-7-16(14)18/h2-13,20,22,26H,1H3,(H,25,29)(H,27,28)/b12-11+/t20-,22-/m1/s1. The summed E-state index contributed by atoms with van der Waals surface area (Å²) in [5.41, 5.74) is 0.852. The number of nitrogens with one attached hydrogen (secondary N) is 1. The van der Waals surface area contributed by atoms with Crippen LogP contribution in [0.3, 0.4) is 0 Å². The number of phenolic OH excluding ortho intramolecular Hbond substituents is 1. The van der Waals surface area contributed by atoms with E-state index in [1.54, 1.807) is 18.2 Å². The number of anilines is 1. The molecule has 3 rings (SSSR count). The molecule has 1 amide bonds. The molecule has 0 heterocycles. The van der Waals surface area contributed by atoms with Gasteiger partial charge in [-0.2, -0.15) is 0 Å². The highest BCUT2D eigenvalue weighted by atomic mass is 127. The van der Waals surface area contributed by atoms with Crippen LogP contribution in [0.4, 0.5) is 10.5 Å². The zero-order valence-electron chi connectivity index (χ0n) is 16.5. The van der Waals surface area contributed by atoms with Crippen LogP contribution in [0.25, 0.3) is 10.8 Å². The van der Waals surface area contributed by atoms with Crippen molar-refractivity contribution in [3.05, 3.63) is 81.9 Å². The number of hydrogen-bond acceptors (Lipinski definition) is 5. The third-order valence-electron chi connectivity index (χ3n) is 4.56.